The van der Waals surface area contributed by atoms with Crippen molar-refractivity contribution < 1.29 is 4.74 Å². The molecule has 114 valence electrons. The molecule has 0 radical (unpaired) electrons. The Hall–Kier alpha value is -1.06. The summed E-state index contributed by atoms with van der Waals surface area (Å²) in [6, 6.07) is 14.7. The Balaban J connectivity index is 2.09. The number of ether oxygens (including phenoxy) is 1. The molecule has 2 nitrogen and oxygen atoms in total. The van der Waals surface area contributed by atoms with Gasteiger partial charge in [0.25, 0.3) is 0 Å². The summed E-state index contributed by atoms with van der Waals surface area (Å²) >= 11 is 3.28. The van der Waals surface area contributed by atoms with Crippen molar-refractivity contribution in [3.05, 3.63) is 42.5 Å². The van der Waals surface area contributed by atoms with Crippen molar-refractivity contribution in [1.82, 2.24) is 4.34 Å². The zero-order valence-electron chi connectivity index (χ0n) is 12.6. The number of fused-ring (bicyclic) bond motifs is 1. The summed E-state index contributed by atoms with van der Waals surface area (Å²) in [4.78, 5) is 0. The first kappa shape index (κ1) is 16.3. The van der Waals surface area contributed by atoms with Crippen LogP contribution in [0.1, 0.15) is 39.0 Å². The molecule has 1 atom stereocenters. The zero-order valence-corrected chi connectivity index (χ0v) is 14.2. The first-order chi connectivity index (χ1) is 10.3. The maximum atomic E-state index is 6.32. The number of nitrogens with one attached hydrogen (secondary N) is 1. The van der Waals surface area contributed by atoms with Gasteiger partial charge in [-0.1, -0.05) is 56.2 Å². The van der Waals surface area contributed by atoms with E-state index >= 15 is 0 Å². The summed E-state index contributed by atoms with van der Waals surface area (Å²) in [6.45, 7) is 3.15. The fourth-order valence-corrected chi connectivity index (χ4v) is 2.81. The number of hydrogen-bond donors (Lipinski definition) is 1. The predicted molar refractivity (Wildman–Crippen MR) is 94.1 cm³/mol. The van der Waals surface area contributed by atoms with Crippen molar-refractivity contribution in [3.63, 3.8) is 0 Å². The van der Waals surface area contributed by atoms with E-state index in [0.29, 0.717) is 0 Å². The highest BCUT2D eigenvalue weighted by molar-refractivity contribution is 9.08. The van der Waals surface area contributed by atoms with E-state index in [2.05, 4.69) is 69.9 Å². The Morgan fingerprint density at radius 3 is 2.67 bits per heavy atom. The lowest BCUT2D eigenvalue weighted by Gasteiger charge is -2.20. The average Bonchev–Trinajstić information content (AvgIpc) is 2.53. The van der Waals surface area contributed by atoms with E-state index in [-0.39, 0.29) is 6.10 Å². The maximum Gasteiger partial charge on any atom is 0.127 e. The third-order valence-electron chi connectivity index (χ3n) is 3.73. The fourth-order valence-electron chi connectivity index (χ4n) is 2.58. The molecule has 0 amide bonds. The standard InChI is InChI=1S/C18H24BrNO/c1-2-3-4-10-16(13-14-20-19)21-18-12-7-9-15-8-5-6-11-17(15)18/h5-9,11-12,16,20H,2-4,10,13-14H2,1H3. The topological polar surface area (TPSA) is 21.3 Å². The van der Waals surface area contributed by atoms with Crippen molar-refractivity contribution in [1.29, 1.82) is 0 Å². The predicted octanol–water partition coefficient (Wildman–Crippen LogP) is 5.46. The van der Waals surface area contributed by atoms with Crippen LogP contribution in [-0.4, -0.2) is 12.6 Å². The third-order valence-corrected chi connectivity index (χ3v) is 4.13. The van der Waals surface area contributed by atoms with Gasteiger partial charge in [0.15, 0.2) is 0 Å². The number of benzene rings is 2. The van der Waals surface area contributed by atoms with Crippen molar-refractivity contribution >= 4 is 26.9 Å². The van der Waals surface area contributed by atoms with Crippen molar-refractivity contribution in [2.75, 3.05) is 6.54 Å². The first-order valence-electron chi connectivity index (χ1n) is 7.83. The summed E-state index contributed by atoms with van der Waals surface area (Å²) in [6.07, 6.45) is 6.15. The molecule has 0 aliphatic rings. The molecule has 1 N–H and O–H groups in total. The van der Waals surface area contributed by atoms with E-state index in [1.807, 2.05) is 0 Å². The zero-order chi connectivity index (χ0) is 14.9. The Morgan fingerprint density at radius 2 is 1.86 bits per heavy atom. The number of rotatable bonds is 9. The maximum absolute atomic E-state index is 6.32. The monoisotopic (exact) mass is 349 g/mol. The summed E-state index contributed by atoms with van der Waals surface area (Å²) in [5, 5.41) is 2.44. The van der Waals surface area contributed by atoms with Crippen LogP contribution in [0.25, 0.3) is 10.8 Å². The molecule has 2 aromatic rings. The van der Waals surface area contributed by atoms with Gasteiger partial charge in [-0.15, -0.1) is 0 Å². The Kier molecular flexibility index (Phi) is 7.04. The molecular formula is C18H24BrNO. The van der Waals surface area contributed by atoms with E-state index in [0.717, 1.165) is 25.1 Å². The molecule has 0 saturated carbocycles. The molecule has 0 saturated heterocycles. The molecule has 1 unspecified atom stereocenters. The van der Waals surface area contributed by atoms with Crippen molar-refractivity contribution in [3.8, 4) is 5.75 Å². The fraction of sp³-hybridized carbons (Fsp3) is 0.444. The van der Waals surface area contributed by atoms with E-state index < -0.39 is 0 Å². The highest BCUT2D eigenvalue weighted by Gasteiger charge is 2.11. The highest BCUT2D eigenvalue weighted by atomic mass is 79.9. The molecule has 21 heavy (non-hydrogen) atoms. The third kappa shape index (κ3) is 5.01. The van der Waals surface area contributed by atoms with Gasteiger partial charge in [0, 0.05) is 28.1 Å². The molecule has 0 aliphatic heterocycles. The second-order valence-corrected chi connectivity index (χ2v) is 5.95. The second-order valence-electron chi connectivity index (χ2n) is 5.39. The van der Waals surface area contributed by atoms with Gasteiger partial charge in [-0.3, -0.25) is 4.34 Å². The minimum Gasteiger partial charge on any atom is -0.490 e. The van der Waals surface area contributed by atoms with Crippen LogP contribution in [0.15, 0.2) is 42.5 Å². The van der Waals surface area contributed by atoms with Crippen molar-refractivity contribution in [2.45, 2.75) is 45.1 Å². The minimum absolute atomic E-state index is 0.271. The van der Waals surface area contributed by atoms with Crippen LogP contribution in [0.4, 0.5) is 0 Å². The van der Waals surface area contributed by atoms with Gasteiger partial charge in [0.05, 0.1) is 6.10 Å². The molecule has 0 heterocycles. The Labute approximate surface area is 136 Å². The van der Waals surface area contributed by atoms with Gasteiger partial charge in [-0.2, -0.15) is 0 Å². The van der Waals surface area contributed by atoms with Crippen molar-refractivity contribution in [2.24, 2.45) is 0 Å². The van der Waals surface area contributed by atoms with E-state index in [9.17, 15) is 0 Å². The van der Waals surface area contributed by atoms with Gasteiger partial charge in [0.2, 0.25) is 0 Å². The summed E-state index contributed by atoms with van der Waals surface area (Å²) in [5.41, 5.74) is 0. The van der Waals surface area contributed by atoms with Crippen LogP contribution in [0.2, 0.25) is 0 Å². The van der Waals surface area contributed by atoms with Crippen LogP contribution >= 0.6 is 16.1 Å². The van der Waals surface area contributed by atoms with Crippen LogP contribution in [0.5, 0.6) is 5.75 Å². The number of unbranched alkanes of at least 4 members (excludes halogenated alkanes) is 2. The Morgan fingerprint density at radius 1 is 1.05 bits per heavy atom. The molecule has 3 heteroatoms. The largest absolute Gasteiger partial charge is 0.490 e. The SMILES string of the molecule is CCCCCC(CCNBr)Oc1cccc2ccccc12. The van der Waals surface area contributed by atoms with Gasteiger partial charge in [0.1, 0.15) is 5.75 Å². The summed E-state index contributed by atoms with van der Waals surface area (Å²) in [5.74, 6) is 1.00. The molecule has 0 aromatic heterocycles. The molecule has 2 aromatic carbocycles. The Bertz CT molecular complexity index is 538. The van der Waals surface area contributed by atoms with Gasteiger partial charge >= 0.3 is 0 Å². The molecule has 0 fully saturated rings. The number of hydrogen-bond acceptors (Lipinski definition) is 2. The minimum atomic E-state index is 0.271. The first-order valence-corrected chi connectivity index (χ1v) is 8.62. The lowest BCUT2D eigenvalue weighted by atomic mass is 10.1. The van der Waals surface area contributed by atoms with E-state index in [1.54, 1.807) is 0 Å². The van der Waals surface area contributed by atoms with Gasteiger partial charge < -0.3 is 4.74 Å². The quantitative estimate of drug-likeness (QED) is 0.479. The molecule has 0 spiro atoms. The summed E-state index contributed by atoms with van der Waals surface area (Å²) in [7, 11) is 0. The normalized spacial score (nSPS) is 12.5. The second kappa shape index (κ2) is 9.06. The van der Waals surface area contributed by atoms with Crippen LogP contribution in [-0.2, 0) is 0 Å². The molecule has 0 aliphatic carbocycles. The van der Waals surface area contributed by atoms with Gasteiger partial charge in [-0.25, -0.2) is 0 Å². The summed E-state index contributed by atoms with van der Waals surface area (Å²) < 4.78 is 9.36. The van der Waals surface area contributed by atoms with Crippen LogP contribution in [0.3, 0.4) is 0 Å². The van der Waals surface area contributed by atoms with Crippen LogP contribution < -0.4 is 9.08 Å². The molecular weight excluding hydrogens is 326 g/mol. The lowest BCUT2D eigenvalue weighted by molar-refractivity contribution is 0.181. The smallest absolute Gasteiger partial charge is 0.127 e. The number of halogens is 1. The van der Waals surface area contributed by atoms with Gasteiger partial charge in [-0.05, 0) is 30.7 Å². The lowest BCUT2D eigenvalue weighted by Crippen LogP contribution is -2.21. The highest BCUT2D eigenvalue weighted by Crippen LogP contribution is 2.27. The average molecular weight is 350 g/mol. The van der Waals surface area contributed by atoms with Crippen LogP contribution in [0, 0.1) is 0 Å². The molecule has 2 rings (SSSR count). The van der Waals surface area contributed by atoms with E-state index in [1.165, 1.54) is 30.0 Å². The van der Waals surface area contributed by atoms with E-state index in [4.69, 9.17) is 4.74 Å². The molecule has 0 bridgehead atoms.